The molecule has 13 heteroatoms. The van der Waals surface area contributed by atoms with Crippen molar-refractivity contribution in [1.29, 1.82) is 0 Å². The summed E-state index contributed by atoms with van der Waals surface area (Å²) in [7, 11) is 4.79. The molecule has 174 valence electrons. The van der Waals surface area contributed by atoms with Gasteiger partial charge >= 0.3 is 5.69 Å². The number of aromatic nitrogens is 6. The first-order valence-electron chi connectivity index (χ1n) is 10.5. The van der Waals surface area contributed by atoms with Crippen LogP contribution in [0.3, 0.4) is 0 Å². The molecule has 0 saturated heterocycles. The average molecular weight is 482 g/mol. The molecule has 1 saturated carbocycles. The predicted molar refractivity (Wildman–Crippen MR) is 122 cm³/mol. The van der Waals surface area contributed by atoms with E-state index in [2.05, 4.69) is 14.5 Å². The Bertz CT molecular complexity index is 1770. The van der Waals surface area contributed by atoms with Gasteiger partial charge < -0.3 is 32.6 Å². The van der Waals surface area contributed by atoms with Gasteiger partial charge in [-0.1, -0.05) is 0 Å². The number of hydrogen-bond acceptors (Lipinski definition) is 9. The van der Waals surface area contributed by atoms with Gasteiger partial charge in [0.25, 0.3) is 0 Å². The van der Waals surface area contributed by atoms with Crippen LogP contribution < -0.4 is 15.3 Å². The topological polar surface area (TPSA) is 138 Å². The Hall–Kier alpha value is -4.13. The summed E-state index contributed by atoms with van der Waals surface area (Å²) < 4.78 is 22.3. The van der Waals surface area contributed by atoms with Crippen LogP contribution in [-0.4, -0.2) is 48.1 Å². The van der Waals surface area contributed by atoms with Crippen LogP contribution in [0, 0.1) is 0 Å². The van der Waals surface area contributed by atoms with Gasteiger partial charge in [0.1, 0.15) is 23.2 Å². The van der Waals surface area contributed by atoms with E-state index in [0.717, 1.165) is 23.4 Å². The van der Waals surface area contributed by atoms with Gasteiger partial charge in [0.15, 0.2) is 34.9 Å². The molecular weight excluding hydrogens is 464 g/mol. The first-order valence-corrected chi connectivity index (χ1v) is 11.3. The molecule has 12 nitrogen and oxygen atoms in total. The predicted octanol–water partition coefficient (Wildman–Crippen LogP) is 3.26. The smallest absolute Gasteiger partial charge is 0.360 e. The number of nitrogens with zero attached hydrogens (tertiary/aromatic N) is 5. The Labute approximate surface area is 193 Å². The molecule has 6 aromatic rings. The molecule has 6 aromatic heterocycles. The summed E-state index contributed by atoms with van der Waals surface area (Å²) in [6, 6.07) is 2.13. The Morgan fingerprint density at radius 3 is 2.76 bits per heavy atom. The van der Waals surface area contributed by atoms with Gasteiger partial charge in [-0.3, -0.25) is 4.98 Å². The van der Waals surface area contributed by atoms with E-state index in [4.69, 9.17) is 23.4 Å². The van der Waals surface area contributed by atoms with Gasteiger partial charge in [0, 0.05) is 13.1 Å². The first-order chi connectivity index (χ1) is 16.5. The lowest BCUT2D eigenvalue weighted by Crippen LogP contribution is -2.21. The number of H-pyrrole nitrogens is 1. The van der Waals surface area contributed by atoms with Crippen LogP contribution >= 0.6 is 11.3 Å². The Balaban J connectivity index is 1.48. The van der Waals surface area contributed by atoms with E-state index in [0.29, 0.717) is 38.7 Å². The summed E-state index contributed by atoms with van der Waals surface area (Å²) in [5, 5.41) is 10.7. The van der Waals surface area contributed by atoms with Crippen LogP contribution in [0.5, 0.6) is 11.5 Å². The summed E-state index contributed by atoms with van der Waals surface area (Å²) in [4.78, 5) is 30.6. The Kier molecular flexibility index (Phi) is 3.68. The van der Waals surface area contributed by atoms with Crippen molar-refractivity contribution in [1.82, 2.24) is 28.8 Å². The van der Waals surface area contributed by atoms with E-state index in [1.165, 1.54) is 29.6 Å². The zero-order chi connectivity index (χ0) is 23.3. The molecule has 2 N–H and O–H groups in total. The molecule has 0 bridgehead atoms. The number of aromatic hydroxyl groups is 1. The van der Waals surface area contributed by atoms with E-state index >= 15 is 0 Å². The molecule has 7 rings (SSSR count). The van der Waals surface area contributed by atoms with Crippen LogP contribution in [0.4, 0.5) is 0 Å². The number of methoxy groups -OCH3 is 1. The number of rotatable bonds is 5. The van der Waals surface area contributed by atoms with E-state index in [1.807, 2.05) is 6.07 Å². The van der Waals surface area contributed by atoms with Crippen LogP contribution in [0.2, 0.25) is 0 Å². The second-order valence-corrected chi connectivity index (χ2v) is 9.20. The van der Waals surface area contributed by atoms with Crippen LogP contribution in [0.1, 0.15) is 18.9 Å². The van der Waals surface area contributed by atoms with Crippen molar-refractivity contribution < 1.29 is 23.5 Å². The largest absolute Gasteiger partial charge is 0.503 e. The molecule has 34 heavy (non-hydrogen) atoms. The summed E-state index contributed by atoms with van der Waals surface area (Å²) in [6.07, 6.45) is 3.28. The minimum absolute atomic E-state index is 0.0823. The lowest BCUT2D eigenvalue weighted by Gasteiger charge is -2.08. The van der Waals surface area contributed by atoms with E-state index in [1.54, 1.807) is 18.7 Å². The van der Waals surface area contributed by atoms with Crippen molar-refractivity contribution in [3.05, 3.63) is 22.9 Å². The number of thiophene rings is 1. The van der Waals surface area contributed by atoms with E-state index in [9.17, 15) is 9.90 Å². The zero-order valence-electron chi connectivity index (χ0n) is 18.3. The minimum atomic E-state index is -0.331. The Morgan fingerprint density at radius 1 is 1.24 bits per heavy atom. The fourth-order valence-electron chi connectivity index (χ4n) is 4.59. The average Bonchev–Trinajstić information content (AvgIpc) is 3.22. The van der Waals surface area contributed by atoms with Gasteiger partial charge in [0.05, 0.1) is 12.0 Å². The van der Waals surface area contributed by atoms with Crippen molar-refractivity contribution in [3.63, 3.8) is 0 Å². The number of oxazole rings is 2. The lowest BCUT2D eigenvalue weighted by atomic mass is 10.3. The molecule has 1 aliphatic carbocycles. The maximum Gasteiger partial charge on any atom is 0.360 e. The second kappa shape index (κ2) is 6.47. The zero-order valence-corrected chi connectivity index (χ0v) is 19.1. The molecule has 0 spiro atoms. The third kappa shape index (κ3) is 2.33. The highest BCUT2D eigenvalue weighted by Gasteiger charge is 2.36. The van der Waals surface area contributed by atoms with Gasteiger partial charge in [0.2, 0.25) is 17.1 Å². The molecule has 0 aliphatic heterocycles. The third-order valence-corrected chi connectivity index (χ3v) is 7.26. The number of aromatic amines is 1. The standard InChI is InChI=1S/C21H18N6O6S/c1-25-12(13(28)15-17(25)22-7-32-15)19-23-18-16(33-19)14(30-2)11(26(18)8-4-5-8)10-6-9-20(34-10)24-21(29)27(9)31-3/h6-8,28H,4-5H2,1-3H3,(H,24,29). The molecule has 0 atom stereocenters. The minimum Gasteiger partial charge on any atom is -0.503 e. The molecule has 1 aliphatic rings. The molecule has 6 heterocycles. The number of fused-ring (bicyclic) bond motifs is 3. The number of nitrogens with one attached hydrogen (secondary N) is 1. The van der Waals surface area contributed by atoms with Crippen molar-refractivity contribution >= 4 is 44.1 Å². The molecule has 1 fully saturated rings. The van der Waals surface area contributed by atoms with Gasteiger partial charge in [-0.05, 0) is 18.9 Å². The molecular formula is C21H18N6O6S. The van der Waals surface area contributed by atoms with Crippen molar-refractivity contribution in [3.8, 4) is 33.7 Å². The highest BCUT2D eigenvalue weighted by molar-refractivity contribution is 7.21. The fraction of sp³-hybridized carbons (Fsp3) is 0.286. The first kappa shape index (κ1) is 19.3. The third-order valence-electron chi connectivity index (χ3n) is 6.21. The SMILES string of the molecule is COc1c(-c2cc3c([nH]c(=O)n3OC)s2)n(C2CC2)c2nc(-c3c(O)c4ocnc4n3C)oc12. The van der Waals surface area contributed by atoms with Crippen LogP contribution in [-0.2, 0) is 7.05 Å². The van der Waals surface area contributed by atoms with Crippen molar-refractivity contribution in [2.24, 2.45) is 7.05 Å². The van der Waals surface area contributed by atoms with Gasteiger partial charge in [-0.2, -0.15) is 9.97 Å². The highest BCUT2D eigenvalue weighted by atomic mass is 32.1. The van der Waals surface area contributed by atoms with Crippen LogP contribution in [0.15, 0.2) is 26.1 Å². The Morgan fingerprint density at radius 2 is 2.06 bits per heavy atom. The number of imidazole rings is 1. The van der Waals surface area contributed by atoms with Crippen molar-refractivity contribution in [2.75, 3.05) is 14.2 Å². The molecule has 0 unspecified atom stereocenters. The van der Waals surface area contributed by atoms with Gasteiger partial charge in [-0.15, -0.1) is 16.1 Å². The summed E-state index contributed by atoms with van der Waals surface area (Å²) in [5.74, 6) is 0.691. The number of hydrogen-bond donors (Lipinski definition) is 2. The molecule has 0 radical (unpaired) electrons. The van der Waals surface area contributed by atoms with E-state index in [-0.39, 0.29) is 29.0 Å². The van der Waals surface area contributed by atoms with E-state index < -0.39 is 0 Å². The summed E-state index contributed by atoms with van der Waals surface area (Å²) >= 11 is 1.43. The number of ether oxygens (including phenoxy) is 1. The fourth-order valence-corrected chi connectivity index (χ4v) is 5.65. The van der Waals surface area contributed by atoms with Gasteiger partial charge in [-0.25, -0.2) is 4.79 Å². The summed E-state index contributed by atoms with van der Waals surface area (Å²) in [6.45, 7) is 0. The molecule has 0 aromatic carbocycles. The maximum atomic E-state index is 12.1. The lowest BCUT2D eigenvalue weighted by molar-refractivity contribution is 0.169. The normalized spacial score (nSPS) is 14.2. The quantitative estimate of drug-likeness (QED) is 0.382. The monoisotopic (exact) mass is 482 g/mol. The second-order valence-electron chi connectivity index (χ2n) is 8.15. The number of aryl methyl sites for hydroxylation is 1. The highest BCUT2D eigenvalue weighted by Crippen LogP contribution is 2.51. The maximum absolute atomic E-state index is 12.1. The van der Waals surface area contributed by atoms with Crippen molar-refractivity contribution in [2.45, 2.75) is 18.9 Å². The van der Waals surface area contributed by atoms with Crippen LogP contribution in [0.25, 0.3) is 55.0 Å². The molecule has 0 amide bonds. The summed E-state index contributed by atoms with van der Waals surface area (Å²) in [5.41, 5.74) is 3.38.